The van der Waals surface area contributed by atoms with Crippen LogP contribution in [-0.2, 0) is 9.59 Å². The highest BCUT2D eigenvalue weighted by molar-refractivity contribution is 5.93. The van der Waals surface area contributed by atoms with E-state index in [1.807, 2.05) is 24.3 Å². The number of rotatable bonds is 4. The summed E-state index contributed by atoms with van der Waals surface area (Å²) in [7, 11) is 0. The Balaban J connectivity index is 1.65. The predicted molar refractivity (Wildman–Crippen MR) is 93.3 cm³/mol. The van der Waals surface area contributed by atoms with E-state index in [1.165, 1.54) is 6.92 Å². The van der Waals surface area contributed by atoms with E-state index >= 15 is 0 Å². The van der Waals surface area contributed by atoms with Gasteiger partial charge in [-0.25, -0.2) is 0 Å². The zero-order chi connectivity index (χ0) is 16.9. The molecule has 2 aromatic carbocycles. The number of anilines is 2. The second-order valence-corrected chi connectivity index (χ2v) is 5.89. The summed E-state index contributed by atoms with van der Waals surface area (Å²) >= 11 is 0. The molecule has 5 nitrogen and oxygen atoms in total. The molecule has 124 valence electrons. The first-order valence-corrected chi connectivity index (χ1v) is 8.01. The lowest BCUT2D eigenvalue weighted by Gasteiger charge is -2.25. The van der Waals surface area contributed by atoms with Crippen molar-refractivity contribution in [3.8, 4) is 5.75 Å². The second kappa shape index (κ2) is 7.17. The number of nitrogens with one attached hydrogen (secondary N) is 2. The lowest BCUT2D eigenvalue weighted by molar-refractivity contribution is -0.116. The third kappa shape index (κ3) is 3.93. The number of carbonyl (C=O) groups is 2. The number of fused-ring (bicyclic) bond motifs is 1. The first-order valence-electron chi connectivity index (χ1n) is 8.01. The van der Waals surface area contributed by atoms with Gasteiger partial charge >= 0.3 is 0 Å². The smallest absolute Gasteiger partial charge is 0.224 e. The summed E-state index contributed by atoms with van der Waals surface area (Å²) in [6.07, 6.45) is 1.24. The van der Waals surface area contributed by atoms with Crippen LogP contribution < -0.4 is 15.4 Å². The van der Waals surface area contributed by atoms with Crippen molar-refractivity contribution in [2.75, 3.05) is 17.2 Å². The molecule has 2 amide bonds. The number of hydrogen-bond donors (Lipinski definition) is 2. The molecule has 0 saturated heterocycles. The van der Waals surface area contributed by atoms with E-state index in [4.69, 9.17) is 4.74 Å². The van der Waals surface area contributed by atoms with E-state index in [2.05, 4.69) is 10.6 Å². The van der Waals surface area contributed by atoms with Gasteiger partial charge in [-0.1, -0.05) is 24.3 Å². The first-order chi connectivity index (χ1) is 11.6. The number of benzene rings is 2. The summed E-state index contributed by atoms with van der Waals surface area (Å²) in [4.78, 5) is 23.5. The number of ether oxygens (including phenoxy) is 1. The standard InChI is InChI=1S/C19H20N2O3/c1-13(22)20-15-5-4-6-16(12-15)21-19(23)11-14-9-10-24-18-8-3-2-7-17(14)18/h2-8,12,14H,9-11H2,1H3,(H,20,22)(H,21,23). The zero-order valence-electron chi connectivity index (χ0n) is 13.5. The molecule has 1 heterocycles. The molecular formula is C19H20N2O3. The summed E-state index contributed by atoms with van der Waals surface area (Å²) in [6.45, 7) is 2.08. The average Bonchev–Trinajstić information content (AvgIpc) is 2.55. The Morgan fingerprint density at radius 2 is 1.83 bits per heavy atom. The van der Waals surface area contributed by atoms with Crippen LogP contribution in [0.4, 0.5) is 11.4 Å². The summed E-state index contributed by atoms with van der Waals surface area (Å²) < 4.78 is 5.63. The van der Waals surface area contributed by atoms with E-state index in [9.17, 15) is 9.59 Å². The minimum absolute atomic E-state index is 0.0447. The van der Waals surface area contributed by atoms with Crippen LogP contribution in [0, 0.1) is 0 Å². The number of hydrogen-bond acceptors (Lipinski definition) is 3. The fourth-order valence-electron chi connectivity index (χ4n) is 2.94. The number of para-hydroxylation sites is 1. The normalized spacial score (nSPS) is 15.8. The average molecular weight is 324 g/mol. The van der Waals surface area contributed by atoms with E-state index in [-0.39, 0.29) is 17.7 Å². The van der Waals surface area contributed by atoms with Crippen molar-refractivity contribution in [1.82, 2.24) is 0 Å². The van der Waals surface area contributed by atoms with Crippen molar-refractivity contribution in [1.29, 1.82) is 0 Å². The van der Waals surface area contributed by atoms with Gasteiger partial charge in [-0.05, 0) is 42.2 Å². The van der Waals surface area contributed by atoms with Crippen molar-refractivity contribution in [2.24, 2.45) is 0 Å². The molecule has 1 aliphatic rings. The topological polar surface area (TPSA) is 67.4 Å². The van der Waals surface area contributed by atoms with Crippen LogP contribution >= 0.6 is 0 Å². The highest BCUT2D eigenvalue weighted by atomic mass is 16.5. The molecule has 3 rings (SSSR count). The summed E-state index contributed by atoms with van der Waals surface area (Å²) in [5.41, 5.74) is 2.43. The molecule has 24 heavy (non-hydrogen) atoms. The first kappa shape index (κ1) is 16.1. The molecule has 0 spiro atoms. The lowest BCUT2D eigenvalue weighted by atomic mass is 9.90. The van der Waals surface area contributed by atoms with E-state index in [1.54, 1.807) is 24.3 Å². The molecule has 0 radical (unpaired) electrons. The van der Waals surface area contributed by atoms with Gasteiger partial charge in [-0.3, -0.25) is 9.59 Å². The second-order valence-electron chi connectivity index (χ2n) is 5.89. The van der Waals surface area contributed by atoms with Gasteiger partial charge in [0.25, 0.3) is 0 Å². The molecule has 1 unspecified atom stereocenters. The molecule has 2 N–H and O–H groups in total. The van der Waals surface area contributed by atoms with Crippen LogP contribution in [0.5, 0.6) is 5.75 Å². The Kier molecular flexibility index (Phi) is 4.79. The van der Waals surface area contributed by atoms with Gasteiger partial charge in [0.2, 0.25) is 11.8 Å². The van der Waals surface area contributed by atoms with Gasteiger partial charge in [0.1, 0.15) is 5.75 Å². The molecule has 0 bridgehead atoms. The van der Waals surface area contributed by atoms with Crippen molar-refractivity contribution < 1.29 is 14.3 Å². The Morgan fingerprint density at radius 1 is 1.08 bits per heavy atom. The van der Waals surface area contributed by atoms with Crippen LogP contribution in [-0.4, -0.2) is 18.4 Å². The minimum Gasteiger partial charge on any atom is -0.493 e. The Morgan fingerprint density at radius 3 is 2.62 bits per heavy atom. The molecular weight excluding hydrogens is 304 g/mol. The van der Waals surface area contributed by atoms with Crippen LogP contribution in [0.2, 0.25) is 0 Å². The van der Waals surface area contributed by atoms with Crippen molar-refractivity contribution in [3.63, 3.8) is 0 Å². The van der Waals surface area contributed by atoms with Gasteiger partial charge in [0, 0.05) is 24.7 Å². The van der Waals surface area contributed by atoms with E-state index in [0.717, 1.165) is 17.7 Å². The van der Waals surface area contributed by atoms with Gasteiger partial charge in [0.15, 0.2) is 0 Å². The fraction of sp³-hybridized carbons (Fsp3) is 0.263. The monoisotopic (exact) mass is 324 g/mol. The molecule has 2 aromatic rings. The Hall–Kier alpha value is -2.82. The third-order valence-corrected chi connectivity index (χ3v) is 3.98. The molecule has 0 aliphatic carbocycles. The van der Waals surface area contributed by atoms with Crippen molar-refractivity contribution >= 4 is 23.2 Å². The number of carbonyl (C=O) groups excluding carboxylic acids is 2. The Labute approximate surface area is 141 Å². The molecule has 0 saturated carbocycles. The van der Waals surface area contributed by atoms with Crippen LogP contribution in [0.25, 0.3) is 0 Å². The minimum atomic E-state index is -0.141. The molecule has 0 fully saturated rings. The Bertz CT molecular complexity index is 758. The van der Waals surface area contributed by atoms with Gasteiger partial charge in [0.05, 0.1) is 6.61 Å². The van der Waals surface area contributed by atoms with Crippen LogP contribution in [0.3, 0.4) is 0 Å². The summed E-state index contributed by atoms with van der Waals surface area (Å²) in [5.74, 6) is 0.844. The zero-order valence-corrected chi connectivity index (χ0v) is 13.5. The van der Waals surface area contributed by atoms with E-state index in [0.29, 0.717) is 24.4 Å². The van der Waals surface area contributed by atoms with Crippen molar-refractivity contribution in [3.05, 3.63) is 54.1 Å². The lowest BCUT2D eigenvalue weighted by Crippen LogP contribution is -2.20. The third-order valence-electron chi connectivity index (χ3n) is 3.98. The molecule has 1 atom stereocenters. The van der Waals surface area contributed by atoms with Gasteiger partial charge in [-0.15, -0.1) is 0 Å². The van der Waals surface area contributed by atoms with Crippen LogP contribution in [0.1, 0.15) is 31.2 Å². The quantitative estimate of drug-likeness (QED) is 0.904. The maximum absolute atomic E-state index is 12.4. The van der Waals surface area contributed by atoms with E-state index < -0.39 is 0 Å². The fourth-order valence-corrected chi connectivity index (χ4v) is 2.94. The molecule has 5 heteroatoms. The van der Waals surface area contributed by atoms with Crippen molar-refractivity contribution in [2.45, 2.75) is 25.7 Å². The number of amides is 2. The predicted octanol–water partition coefficient (Wildman–Crippen LogP) is 3.54. The molecule has 0 aromatic heterocycles. The highest BCUT2D eigenvalue weighted by Crippen LogP contribution is 2.35. The van der Waals surface area contributed by atoms with Gasteiger partial charge < -0.3 is 15.4 Å². The van der Waals surface area contributed by atoms with Crippen LogP contribution in [0.15, 0.2) is 48.5 Å². The van der Waals surface area contributed by atoms with Gasteiger partial charge in [-0.2, -0.15) is 0 Å². The summed E-state index contributed by atoms with van der Waals surface area (Å²) in [6, 6.07) is 15.0. The summed E-state index contributed by atoms with van der Waals surface area (Å²) in [5, 5.41) is 5.61. The largest absolute Gasteiger partial charge is 0.493 e. The maximum Gasteiger partial charge on any atom is 0.224 e. The maximum atomic E-state index is 12.4. The molecule has 1 aliphatic heterocycles. The highest BCUT2D eigenvalue weighted by Gasteiger charge is 2.23. The SMILES string of the molecule is CC(=O)Nc1cccc(NC(=O)CC2CCOc3ccccc32)c1.